The van der Waals surface area contributed by atoms with Gasteiger partial charge in [0.05, 0.1) is 0 Å². The number of carbonyl (C=O) groups excluding carboxylic acids is 1. The molecular formula is C23H29FN2O. The van der Waals surface area contributed by atoms with Gasteiger partial charge >= 0.3 is 0 Å². The minimum atomic E-state index is -0.198. The van der Waals surface area contributed by atoms with Crippen LogP contribution in [0.25, 0.3) is 0 Å². The molecule has 0 unspecified atom stereocenters. The third kappa shape index (κ3) is 6.17. The number of benzene rings is 2. The molecule has 0 aliphatic carbocycles. The third-order valence-corrected chi connectivity index (χ3v) is 5.34. The topological polar surface area (TPSA) is 32.3 Å². The maximum absolute atomic E-state index is 13.0. The number of aryl methyl sites for hydroxylation is 2. The molecule has 0 aromatic heterocycles. The first-order valence-corrected chi connectivity index (χ1v) is 9.90. The molecule has 0 bridgehead atoms. The zero-order valence-corrected chi connectivity index (χ0v) is 16.1. The molecule has 1 saturated heterocycles. The molecule has 1 aliphatic rings. The number of hydrogen-bond acceptors (Lipinski definition) is 2. The number of amides is 1. The maximum Gasteiger partial charge on any atom is 0.223 e. The molecule has 27 heavy (non-hydrogen) atoms. The fourth-order valence-corrected chi connectivity index (χ4v) is 3.60. The fourth-order valence-electron chi connectivity index (χ4n) is 3.60. The lowest BCUT2D eigenvalue weighted by molar-refractivity contribution is -0.126. The van der Waals surface area contributed by atoms with Gasteiger partial charge in [-0.1, -0.05) is 42.0 Å². The van der Waals surface area contributed by atoms with E-state index in [0.29, 0.717) is 0 Å². The van der Waals surface area contributed by atoms with Crippen molar-refractivity contribution in [2.24, 2.45) is 5.92 Å². The SMILES string of the molecule is Cc1ccc(CCCNC(=O)C2CCN(Cc3ccc(F)cc3)CC2)cc1. The summed E-state index contributed by atoms with van der Waals surface area (Å²) in [5, 5.41) is 3.11. The second-order valence-corrected chi connectivity index (χ2v) is 7.56. The minimum Gasteiger partial charge on any atom is -0.356 e. The van der Waals surface area contributed by atoms with Crippen molar-refractivity contribution in [3.63, 3.8) is 0 Å². The van der Waals surface area contributed by atoms with E-state index in [9.17, 15) is 9.18 Å². The van der Waals surface area contributed by atoms with Gasteiger partial charge in [0.2, 0.25) is 5.91 Å². The Morgan fingerprint density at radius 2 is 1.67 bits per heavy atom. The zero-order valence-electron chi connectivity index (χ0n) is 16.1. The van der Waals surface area contributed by atoms with E-state index in [0.717, 1.165) is 57.4 Å². The van der Waals surface area contributed by atoms with Crippen LogP contribution in [0.2, 0.25) is 0 Å². The largest absolute Gasteiger partial charge is 0.356 e. The highest BCUT2D eigenvalue weighted by Crippen LogP contribution is 2.19. The number of rotatable bonds is 7. The molecule has 1 aliphatic heterocycles. The lowest BCUT2D eigenvalue weighted by Gasteiger charge is -2.31. The summed E-state index contributed by atoms with van der Waals surface area (Å²) in [4.78, 5) is 14.7. The molecule has 144 valence electrons. The van der Waals surface area contributed by atoms with Crippen LogP contribution in [0, 0.1) is 18.7 Å². The Hall–Kier alpha value is -2.20. The van der Waals surface area contributed by atoms with E-state index in [4.69, 9.17) is 0 Å². The van der Waals surface area contributed by atoms with E-state index in [1.807, 2.05) is 12.1 Å². The highest BCUT2D eigenvalue weighted by molar-refractivity contribution is 5.78. The van der Waals surface area contributed by atoms with Crippen LogP contribution in [0.1, 0.15) is 36.0 Å². The van der Waals surface area contributed by atoms with Gasteiger partial charge < -0.3 is 5.32 Å². The molecule has 0 atom stereocenters. The van der Waals surface area contributed by atoms with E-state index in [1.54, 1.807) is 0 Å². The molecule has 0 spiro atoms. The van der Waals surface area contributed by atoms with Crippen molar-refractivity contribution in [1.82, 2.24) is 10.2 Å². The maximum atomic E-state index is 13.0. The smallest absolute Gasteiger partial charge is 0.223 e. The summed E-state index contributed by atoms with van der Waals surface area (Å²) in [6.07, 6.45) is 3.75. The van der Waals surface area contributed by atoms with E-state index >= 15 is 0 Å². The Labute approximate surface area is 161 Å². The first kappa shape index (κ1) is 19.6. The average molecular weight is 368 g/mol. The number of hydrogen-bond donors (Lipinski definition) is 1. The first-order valence-electron chi connectivity index (χ1n) is 9.90. The molecule has 4 heteroatoms. The molecule has 2 aromatic carbocycles. The Bertz CT molecular complexity index is 719. The van der Waals surface area contributed by atoms with Gasteiger partial charge in [-0.05, 0) is 69.0 Å². The highest BCUT2D eigenvalue weighted by Gasteiger charge is 2.24. The average Bonchev–Trinajstić information content (AvgIpc) is 2.69. The van der Waals surface area contributed by atoms with Crippen molar-refractivity contribution in [2.75, 3.05) is 19.6 Å². The number of piperidine rings is 1. The van der Waals surface area contributed by atoms with Crippen LogP contribution >= 0.6 is 0 Å². The monoisotopic (exact) mass is 368 g/mol. The van der Waals surface area contributed by atoms with Crippen LogP contribution in [0.5, 0.6) is 0 Å². The highest BCUT2D eigenvalue weighted by atomic mass is 19.1. The number of carbonyl (C=O) groups is 1. The van der Waals surface area contributed by atoms with Gasteiger partial charge in [0, 0.05) is 19.0 Å². The van der Waals surface area contributed by atoms with Gasteiger partial charge in [0.25, 0.3) is 0 Å². The second kappa shape index (κ2) is 9.65. The van der Waals surface area contributed by atoms with Crippen molar-refractivity contribution in [3.05, 3.63) is 71.0 Å². The van der Waals surface area contributed by atoms with Crippen molar-refractivity contribution in [2.45, 2.75) is 39.2 Å². The zero-order chi connectivity index (χ0) is 19.1. The van der Waals surface area contributed by atoms with Gasteiger partial charge in [-0.2, -0.15) is 0 Å². The van der Waals surface area contributed by atoms with Crippen LogP contribution in [0.4, 0.5) is 4.39 Å². The number of nitrogens with one attached hydrogen (secondary N) is 1. The van der Waals surface area contributed by atoms with Crippen molar-refractivity contribution in [1.29, 1.82) is 0 Å². The molecule has 0 saturated carbocycles. The second-order valence-electron chi connectivity index (χ2n) is 7.56. The van der Waals surface area contributed by atoms with Gasteiger partial charge in [-0.3, -0.25) is 9.69 Å². The Morgan fingerprint density at radius 3 is 2.33 bits per heavy atom. The van der Waals surface area contributed by atoms with E-state index in [-0.39, 0.29) is 17.6 Å². The fraction of sp³-hybridized carbons (Fsp3) is 0.435. The lowest BCUT2D eigenvalue weighted by atomic mass is 9.95. The van der Waals surface area contributed by atoms with Crippen molar-refractivity contribution >= 4 is 5.91 Å². The molecule has 1 fully saturated rings. The quantitative estimate of drug-likeness (QED) is 0.747. The van der Waals surface area contributed by atoms with E-state index in [2.05, 4.69) is 41.4 Å². The molecule has 0 radical (unpaired) electrons. The molecule has 2 aromatic rings. The van der Waals surface area contributed by atoms with Crippen LogP contribution in [0.3, 0.4) is 0 Å². The van der Waals surface area contributed by atoms with Crippen LogP contribution in [-0.2, 0) is 17.8 Å². The van der Waals surface area contributed by atoms with Crippen LogP contribution in [0.15, 0.2) is 48.5 Å². The van der Waals surface area contributed by atoms with Gasteiger partial charge in [-0.15, -0.1) is 0 Å². The van der Waals surface area contributed by atoms with Gasteiger partial charge in [-0.25, -0.2) is 4.39 Å². The van der Waals surface area contributed by atoms with Crippen LogP contribution < -0.4 is 5.32 Å². The molecule has 3 nitrogen and oxygen atoms in total. The molecule has 3 rings (SSSR count). The standard InChI is InChI=1S/C23H29FN2O/c1-18-4-6-19(7-5-18)3-2-14-25-23(27)21-12-15-26(16-13-21)17-20-8-10-22(24)11-9-20/h4-11,21H,2-3,12-17H2,1H3,(H,25,27). The van der Waals surface area contributed by atoms with E-state index < -0.39 is 0 Å². The van der Waals surface area contributed by atoms with Crippen molar-refractivity contribution in [3.8, 4) is 0 Å². The number of halogens is 1. The summed E-state index contributed by atoms with van der Waals surface area (Å²) >= 11 is 0. The van der Waals surface area contributed by atoms with E-state index in [1.165, 1.54) is 23.3 Å². The summed E-state index contributed by atoms with van der Waals surface area (Å²) in [6.45, 7) is 5.49. The van der Waals surface area contributed by atoms with Gasteiger partial charge in [0.15, 0.2) is 0 Å². The third-order valence-electron chi connectivity index (χ3n) is 5.34. The molecular weight excluding hydrogens is 339 g/mol. The summed E-state index contributed by atoms with van der Waals surface area (Å²) < 4.78 is 13.0. The molecule has 1 N–H and O–H groups in total. The molecule has 1 amide bonds. The van der Waals surface area contributed by atoms with Gasteiger partial charge in [0.1, 0.15) is 5.82 Å². The summed E-state index contributed by atoms with van der Waals surface area (Å²) in [5.74, 6) is 0.116. The molecule has 1 heterocycles. The number of likely N-dealkylation sites (tertiary alicyclic amines) is 1. The first-order chi connectivity index (χ1) is 13.1. The van der Waals surface area contributed by atoms with Crippen molar-refractivity contribution < 1.29 is 9.18 Å². The lowest BCUT2D eigenvalue weighted by Crippen LogP contribution is -2.40. The number of nitrogens with zero attached hydrogens (tertiary/aromatic N) is 1. The Balaban J connectivity index is 1.33. The Morgan fingerprint density at radius 1 is 1.04 bits per heavy atom. The normalized spacial score (nSPS) is 15.6. The summed E-state index contributed by atoms with van der Waals surface area (Å²) in [7, 11) is 0. The summed E-state index contributed by atoms with van der Waals surface area (Å²) in [6, 6.07) is 15.3. The van der Waals surface area contributed by atoms with Crippen LogP contribution in [-0.4, -0.2) is 30.4 Å². The predicted molar refractivity (Wildman–Crippen MR) is 107 cm³/mol. The summed E-state index contributed by atoms with van der Waals surface area (Å²) in [5.41, 5.74) is 3.72. The minimum absolute atomic E-state index is 0.119. The predicted octanol–water partition coefficient (Wildman–Crippen LogP) is 4.10. The Kier molecular flexibility index (Phi) is 6.99.